The summed E-state index contributed by atoms with van der Waals surface area (Å²) in [6, 6.07) is 9.28. The Bertz CT molecular complexity index is 306. The molecule has 0 saturated carbocycles. The molecule has 0 aliphatic heterocycles. The molecule has 0 fully saturated rings. The van der Waals surface area contributed by atoms with Crippen LogP contribution in [-0.4, -0.2) is 5.91 Å². The van der Waals surface area contributed by atoms with Crippen LogP contribution in [0.4, 0.5) is 0 Å². The predicted octanol–water partition coefficient (Wildman–Crippen LogP) is 1.75. The van der Waals surface area contributed by atoms with Crippen molar-refractivity contribution in [2.75, 3.05) is 0 Å². The zero-order valence-corrected chi connectivity index (χ0v) is 7.08. The van der Waals surface area contributed by atoms with Crippen molar-refractivity contribution in [1.29, 1.82) is 0 Å². The zero-order chi connectivity index (χ0) is 8.97. The first-order valence-electron chi connectivity index (χ1n) is 3.42. The number of benzene rings is 1. The van der Waals surface area contributed by atoms with Gasteiger partial charge in [-0.2, -0.15) is 0 Å². The molecule has 0 unspecified atom stereocenters. The Balaban J connectivity index is 2.89. The van der Waals surface area contributed by atoms with E-state index in [1.54, 1.807) is 0 Å². The second-order valence-electron chi connectivity index (χ2n) is 2.27. The van der Waals surface area contributed by atoms with E-state index in [0.29, 0.717) is 0 Å². The number of halogens is 1. The normalized spacial score (nSPS) is 11.2. The average Bonchev–Trinajstić information content (AvgIpc) is 2.06. The van der Waals surface area contributed by atoms with Crippen molar-refractivity contribution in [3.8, 4) is 0 Å². The van der Waals surface area contributed by atoms with E-state index in [9.17, 15) is 4.79 Å². The van der Waals surface area contributed by atoms with Gasteiger partial charge in [-0.1, -0.05) is 41.9 Å². The number of amides is 1. The second-order valence-corrected chi connectivity index (χ2v) is 2.67. The molecule has 3 heteroatoms. The van der Waals surface area contributed by atoms with Gasteiger partial charge in [0.15, 0.2) is 0 Å². The number of hydrogen-bond donors (Lipinski definition) is 1. The largest absolute Gasteiger partial charge is 0.365 e. The van der Waals surface area contributed by atoms with Gasteiger partial charge in [-0.3, -0.25) is 4.79 Å². The van der Waals surface area contributed by atoms with Gasteiger partial charge in [-0.15, -0.1) is 0 Å². The van der Waals surface area contributed by atoms with Crippen LogP contribution in [0.25, 0.3) is 6.08 Å². The summed E-state index contributed by atoms with van der Waals surface area (Å²) in [6.45, 7) is 0. The first-order chi connectivity index (χ1) is 5.70. The maximum atomic E-state index is 10.5. The number of nitrogens with two attached hydrogens (primary N) is 1. The van der Waals surface area contributed by atoms with Crippen LogP contribution in [0, 0.1) is 0 Å². The molecule has 0 aliphatic carbocycles. The van der Waals surface area contributed by atoms with E-state index in [1.807, 2.05) is 30.3 Å². The van der Waals surface area contributed by atoms with Crippen LogP contribution >= 0.6 is 11.6 Å². The van der Waals surface area contributed by atoms with Gasteiger partial charge < -0.3 is 5.73 Å². The highest BCUT2D eigenvalue weighted by Gasteiger charge is 1.98. The smallest absolute Gasteiger partial charge is 0.260 e. The summed E-state index contributed by atoms with van der Waals surface area (Å²) >= 11 is 5.54. The van der Waals surface area contributed by atoms with Crippen LogP contribution in [0.3, 0.4) is 0 Å². The van der Waals surface area contributed by atoms with Crippen LogP contribution in [0.2, 0.25) is 0 Å². The molecule has 1 rings (SSSR count). The average molecular weight is 182 g/mol. The van der Waals surface area contributed by atoms with Gasteiger partial charge in [0.05, 0.1) is 0 Å². The van der Waals surface area contributed by atoms with Crippen molar-refractivity contribution in [3.05, 3.63) is 40.9 Å². The standard InChI is InChI=1S/C9H8ClNO/c10-8(9(11)12)6-7-4-2-1-3-5-7/h1-6H,(H2,11,12)/b8-6-. The Morgan fingerprint density at radius 3 is 2.42 bits per heavy atom. The van der Waals surface area contributed by atoms with Crippen molar-refractivity contribution in [2.24, 2.45) is 5.73 Å². The Morgan fingerprint density at radius 1 is 1.33 bits per heavy atom. The third-order valence-corrected chi connectivity index (χ3v) is 1.62. The Morgan fingerprint density at radius 2 is 1.92 bits per heavy atom. The summed E-state index contributed by atoms with van der Waals surface area (Å²) in [4.78, 5) is 10.5. The lowest BCUT2D eigenvalue weighted by atomic mass is 10.2. The van der Waals surface area contributed by atoms with E-state index in [2.05, 4.69) is 0 Å². The summed E-state index contributed by atoms with van der Waals surface area (Å²) in [5.74, 6) is -0.611. The fourth-order valence-electron chi connectivity index (χ4n) is 0.767. The number of carbonyl (C=O) groups excluding carboxylic acids is 1. The molecule has 2 N–H and O–H groups in total. The molecule has 12 heavy (non-hydrogen) atoms. The van der Waals surface area contributed by atoms with Crippen molar-refractivity contribution in [3.63, 3.8) is 0 Å². The lowest BCUT2D eigenvalue weighted by Gasteiger charge is -1.92. The highest BCUT2D eigenvalue weighted by molar-refractivity contribution is 6.43. The van der Waals surface area contributed by atoms with E-state index >= 15 is 0 Å². The van der Waals surface area contributed by atoms with E-state index < -0.39 is 5.91 Å². The molecule has 1 aromatic carbocycles. The molecule has 1 aromatic rings. The van der Waals surface area contributed by atoms with Gasteiger partial charge >= 0.3 is 0 Å². The third-order valence-electron chi connectivity index (χ3n) is 1.33. The van der Waals surface area contributed by atoms with Gasteiger partial charge in [0.2, 0.25) is 0 Å². The van der Waals surface area contributed by atoms with Crippen molar-refractivity contribution >= 4 is 23.6 Å². The Kier molecular flexibility index (Phi) is 2.88. The summed E-state index contributed by atoms with van der Waals surface area (Å²) < 4.78 is 0. The highest BCUT2D eigenvalue weighted by Crippen LogP contribution is 2.08. The van der Waals surface area contributed by atoms with Crippen LogP contribution in [0.5, 0.6) is 0 Å². The molecule has 0 saturated heterocycles. The van der Waals surface area contributed by atoms with Gasteiger partial charge in [0, 0.05) is 0 Å². The molecule has 0 radical (unpaired) electrons. The van der Waals surface area contributed by atoms with Crippen LogP contribution in [0.1, 0.15) is 5.56 Å². The van der Waals surface area contributed by atoms with Crippen molar-refractivity contribution < 1.29 is 4.79 Å². The van der Waals surface area contributed by atoms with E-state index in [-0.39, 0.29) is 5.03 Å². The highest BCUT2D eigenvalue weighted by atomic mass is 35.5. The monoisotopic (exact) mass is 181 g/mol. The van der Waals surface area contributed by atoms with Crippen molar-refractivity contribution in [2.45, 2.75) is 0 Å². The molecular weight excluding hydrogens is 174 g/mol. The molecule has 1 amide bonds. The number of rotatable bonds is 2. The van der Waals surface area contributed by atoms with Gasteiger partial charge in [0.1, 0.15) is 5.03 Å². The zero-order valence-electron chi connectivity index (χ0n) is 6.33. The number of carbonyl (C=O) groups is 1. The molecule has 0 spiro atoms. The first kappa shape index (κ1) is 8.81. The predicted molar refractivity (Wildman–Crippen MR) is 49.5 cm³/mol. The Hall–Kier alpha value is -1.28. The van der Waals surface area contributed by atoms with E-state index in [4.69, 9.17) is 17.3 Å². The maximum absolute atomic E-state index is 10.5. The molecule has 0 aromatic heterocycles. The molecule has 0 aliphatic rings. The lowest BCUT2D eigenvalue weighted by molar-refractivity contribution is -0.113. The van der Waals surface area contributed by atoms with Gasteiger partial charge in [-0.25, -0.2) is 0 Å². The summed E-state index contributed by atoms with van der Waals surface area (Å²) in [5, 5.41) is 0.0428. The molecule has 62 valence electrons. The summed E-state index contributed by atoms with van der Waals surface area (Å²) in [6.07, 6.45) is 1.53. The molecule has 0 bridgehead atoms. The minimum absolute atomic E-state index is 0.0428. The lowest BCUT2D eigenvalue weighted by Crippen LogP contribution is -2.09. The topological polar surface area (TPSA) is 43.1 Å². The summed E-state index contributed by atoms with van der Waals surface area (Å²) in [5.41, 5.74) is 5.81. The van der Waals surface area contributed by atoms with E-state index in [1.165, 1.54) is 6.08 Å². The Labute approximate surface area is 75.6 Å². The minimum Gasteiger partial charge on any atom is -0.365 e. The maximum Gasteiger partial charge on any atom is 0.260 e. The van der Waals surface area contributed by atoms with Gasteiger partial charge in [-0.05, 0) is 11.6 Å². The van der Waals surface area contributed by atoms with Crippen LogP contribution in [-0.2, 0) is 4.79 Å². The number of hydrogen-bond acceptors (Lipinski definition) is 1. The second kappa shape index (κ2) is 3.93. The number of primary amides is 1. The van der Waals surface area contributed by atoms with Crippen LogP contribution < -0.4 is 5.73 Å². The van der Waals surface area contributed by atoms with Crippen molar-refractivity contribution in [1.82, 2.24) is 0 Å². The molecule has 0 heterocycles. The fraction of sp³-hybridized carbons (Fsp3) is 0. The van der Waals surface area contributed by atoms with E-state index in [0.717, 1.165) is 5.56 Å². The first-order valence-corrected chi connectivity index (χ1v) is 3.80. The fourth-order valence-corrected chi connectivity index (χ4v) is 0.893. The molecule has 2 nitrogen and oxygen atoms in total. The molecular formula is C9H8ClNO. The molecule has 0 atom stereocenters. The quantitative estimate of drug-likeness (QED) is 0.695. The minimum atomic E-state index is -0.611. The van der Waals surface area contributed by atoms with Gasteiger partial charge in [0.25, 0.3) is 5.91 Å². The SMILES string of the molecule is NC(=O)/C(Cl)=C/c1ccccc1. The third kappa shape index (κ3) is 2.40. The summed E-state index contributed by atoms with van der Waals surface area (Å²) in [7, 11) is 0. The van der Waals surface area contributed by atoms with Crippen LogP contribution in [0.15, 0.2) is 35.4 Å².